The number of hydrogen-bond acceptors (Lipinski definition) is 9. The van der Waals surface area contributed by atoms with Gasteiger partial charge in [0.25, 0.3) is 0 Å². The average Bonchev–Trinajstić information content (AvgIpc) is 3.22. The molecular formula is C27H29N5O4S. The van der Waals surface area contributed by atoms with Crippen LogP contribution in [0.4, 0.5) is 0 Å². The zero-order valence-corrected chi connectivity index (χ0v) is 21.6. The number of hydrogen-bond donors (Lipinski definition) is 1. The summed E-state index contributed by atoms with van der Waals surface area (Å²) in [5.74, 6) is 2.03. The number of aliphatic imine (C=N–C) groups is 2. The Kier molecular flexibility index (Phi) is 6.59. The number of amidine groups is 1. The van der Waals surface area contributed by atoms with Gasteiger partial charge in [-0.05, 0) is 53.8 Å². The Bertz CT molecular complexity index is 1470. The Hall–Kier alpha value is -3.92. The normalized spacial score (nSPS) is 19.1. The molecule has 0 aliphatic carbocycles. The van der Waals surface area contributed by atoms with Crippen molar-refractivity contribution in [2.45, 2.75) is 25.3 Å². The number of fused-ring (bicyclic) bond motifs is 1. The lowest BCUT2D eigenvalue weighted by atomic mass is 9.81. The maximum Gasteiger partial charge on any atom is 0.309 e. The summed E-state index contributed by atoms with van der Waals surface area (Å²) in [5, 5.41) is 0. The molecule has 1 aromatic heterocycles. The number of rotatable bonds is 8. The molecule has 5 rings (SSSR count). The molecule has 0 saturated heterocycles. The van der Waals surface area contributed by atoms with E-state index in [2.05, 4.69) is 11.1 Å². The smallest absolute Gasteiger partial charge is 0.309 e. The molecule has 0 spiro atoms. The summed E-state index contributed by atoms with van der Waals surface area (Å²) in [6.07, 6.45) is 4.81. The predicted octanol–water partition coefficient (Wildman–Crippen LogP) is 3.55. The lowest BCUT2D eigenvalue weighted by Gasteiger charge is -2.33. The van der Waals surface area contributed by atoms with Gasteiger partial charge in [0.05, 0.1) is 19.1 Å². The fraction of sp³-hybridized carbons (Fsp3) is 0.296. The number of ether oxygens (including phenoxy) is 1. The summed E-state index contributed by atoms with van der Waals surface area (Å²) >= 11 is 0. The van der Waals surface area contributed by atoms with Crippen molar-refractivity contribution < 1.29 is 17.3 Å². The summed E-state index contributed by atoms with van der Waals surface area (Å²) in [4.78, 5) is 16.1. The molecule has 0 fully saturated rings. The molecule has 10 heteroatoms. The second kappa shape index (κ2) is 9.85. The van der Waals surface area contributed by atoms with E-state index in [1.807, 2.05) is 41.3 Å². The highest BCUT2D eigenvalue weighted by atomic mass is 32.2. The third kappa shape index (κ3) is 4.64. The molecule has 1 unspecified atom stereocenters. The number of nitrogens with zero attached hydrogens (tertiary/aromatic N) is 4. The largest absolute Gasteiger partial charge is 0.495 e. The first-order valence-electron chi connectivity index (χ1n) is 12.2. The van der Waals surface area contributed by atoms with Crippen LogP contribution in [0.5, 0.6) is 11.5 Å². The van der Waals surface area contributed by atoms with Gasteiger partial charge in [0.15, 0.2) is 11.5 Å². The fourth-order valence-corrected chi connectivity index (χ4v) is 5.76. The van der Waals surface area contributed by atoms with Crippen LogP contribution >= 0.6 is 0 Å². The van der Waals surface area contributed by atoms with E-state index in [-0.39, 0.29) is 11.5 Å². The van der Waals surface area contributed by atoms with Gasteiger partial charge < -0.3 is 14.7 Å². The molecule has 0 radical (unpaired) electrons. The van der Waals surface area contributed by atoms with Crippen LogP contribution in [0, 0.1) is 0 Å². The Morgan fingerprint density at radius 3 is 2.59 bits per heavy atom. The van der Waals surface area contributed by atoms with Gasteiger partial charge in [-0.15, -0.1) is 0 Å². The highest BCUT2D eigenvalue weighted by molar-refractivity contribution is 7.87. The molecule has 2 aromatic carbocycles. The van der Waals surface area contributed by atoms with Crippen LogP contribution in [0.15, 0.2) is 77.0 Å². The van der Waals surface area contributed by atoms with Crippen LogP contribution in [-0.4, -0.2) is 56.0 Å². The molecule has 37 heavy (non-hydrogen) atoms. The van der Waals surface area contributed by atoms with E-state index in [0.29, 0.717) is 24.7 Å². The van der Waals surface area contributed by atoms with Gasteiger partial charge in [0.2, 0.25) is 0 Å². The Morgan fingerprint density at radius 1 is 1.03 bits per heavy atom. The molecule has 0 amide bonds. The number of pyridine rings is 1. The molecule has 2 aliphatic rings. The second-order valence-corrected chi connectivity index (χ2v) is 10.6. The summed E-state index contributed by atoms with van der Waals surface area (Å²) in [6, 6.07) is 16.9. The van der Waals surface area contributed by atoms with E-state index in [4.69, 9.17) is 24.6 Å². The zero-order valence-electron chi connectivity index (χ0n) is 20.8. The molecule has 3 heterocycles. The standard InChI is InChI=1S/C27H29N5O4S/c1-3-14-37(33,34)36-23-10-8-21(9-11-23)27(25-30-12-5-13-32(25)26(28)31-27)22-7-4-6-19(15-22)20-16-24(35-2)18-29-17-20/h4,6-11,15-18H,3,5,12-14H2,1-2H3,(H2,28,31). The van der Waals surface area contributed by atoms with Gasteiger partial charge in [0, 0.05) is 24.8 Å². The number of aromatic nitrogens is 1. The van der Waals surface area contributed by atoms with E-state index in [1.54, 1.807) is 38.6 Å². The third-order valence-electron chi connectivity index (χ3n) is 6.45. The van der Waals surface area contributed by atoms with Gasteiger partial charge in [0.1, 0.15) is 17.3 Å². The van der Waals surface area contributed by atoms with Crippen molar-refractivity contribution in [1.82, 2.24) is 9.88 Å². The van der Waals surface area contributed by atoms with Gasteiger partial charge in [-0.25, -0.2) is 4.99 Å². The maximum absolute atomic E-state index is 12.2. The SMILES string of the molecule is CCCS(=O)(=O)Oc1ccc(C2(c3cccc(-c4cncc(OC)c4)c3)N=C(N)N3CCCN=C32)cc1. The second-order valence-electron chi connectivity index (χ2n) is 8.95. The van der Waals surface area contributed by atoms with Crippen LogP contribution in [0.2, 0.25) is 0 Å². The topological polar surface area (TPSA) is 119 Å². The predicted molar refractivity (Wildman–Crippen MR) is 143 cm³/mol. The number of guanidine groups is 1. The van der Waals surface area contributed by atoms with E-state index >= 15 is 0 Å². The quantitative estimate of drug-likeness (QED) is 0.452. The van der Waals surface area contributed by atoms with Crippen molar-refractivity contribution in [3.05, 3.63) is 78.1 Å². The van der Waals surface area contributed by atoms with Gasteiger partial charge in [-0.1, -0.05) is 37.3 Å². The molecule has 2 aliphatic heterocycles. The Morgan fingerprint density at radius 2 is 1.84 bits per heavy atom. The lowest BCUT2D eigenvalue weighted by molar-refractivity contribution is 0.413. The molecule has 2 N–H and O–H groups in total. The van der Waals surface area contributed by atoms with Crippen LogP contribution < -0.4 is 14.7 Å². The van der Waals surface area contributed by atoms with Gasteiger partial charge >= 0.3 is 10.1 Å². The highest BCUT2D eigenvalue weighted by Crippen LogP contribution is 2.43. The number of benzene rings is 2. The maximum atomic E-state index is 12.2. The van der Waals surface area contributed by atoms with E-state index in [9.17, 15) is 8.42 Å². The molecule has 3 aromatic rings. The first kappa shape index (κ1) is 24.8. The fourth-order valence-electron chi connectivity index (χ4n) is 4.78. The van der Waals surface area contributed by atoms with Gasteiger partial charge in [-0.2, -0.15) is 8.42 Å². The minimum absolute atomic E-state index is 0.0444. The van der Waals surface area contributed by atoms with Crippen molar-refractivity contribution in [1.29, 1.82) is 0 Å². The summed E-state index contributed by atoms with van der Waals surface area (Å²) < 4.78 is 35.0. The summed E-state index contributed by atoms with van der Waals surface area (Å²) in [6.45, 7) is 3.20. The van der Waals surface area contributed by atoms with Crippen LogP contribution in [-0.2, 0) is 15.7 Å². The lowest BCUT2D eigenvalue weighted by Crippen LogP contribution is -2.46. The van der Waals surface area contributed by atoms with Crippen molar-refractivity contribution in [2.24, 2.45) is 15.7 Å². The molecule has 0 bridgehead atoms. The summed E-state index contributed by atoms with van der Waals surface area (Å²) in [5.41, 5.74) is 8.98. The Labute approximate surface area is 216 Å². The van der Waals surface area contributed by atoms with E-state index < -0.39 is 15.7 Å². The van der Waals surface area contributed by atoms with Crippen LogP contribution in [0.1, 0.15) is 30.9 Å². The molecule has 0 saturated carbocycles. The monoisotopic (exact) mass is 519 g/mol. The highest BCUT2D eigenvalue weighted by Gasteiger charge is 2.49. The zero-order chi connectivity index (χ0) is 26.0. The van der Waals surface area contributed by atoms with Crippen molar-refractivity contribution in [3.8, 4) is 22.6 Å². The van der Waals surface area contributed by atoms with E-state index in [1.165, 1.54) is 0 Å². The Balaban J connectivity index is 1.63. The molecule has 192 valence electrons. The minimum Gasteiger partial charge on any atom is -0.495 e. The first-order chi connectivity index (χ1) is 17.9. The van der Waals surface area contributed by atoms with Crippen molar-refractivity contribution in [2.75, 3.05) is 26.0 Å². The third-order valence-corrected chi connectivity index (χ3v) is 7.81. The van der Waals surface area contributed by atoms with Crippen LogP contribution in [0.3, 0.4) is 0 Å². The van der Waals surface area contributed by atoms with Crippen LogP contribution in [0.25, 0.3) is 11.1 Å². The van der Waals surface area contributed by atoms with Crippen molar-refractivity contribution in [3.63, 3.8) is 0 Å². The number of methoxy groups -OCH3 is 1. The summed E-state index contributed by atoms with van der Waals surface area (Å²) in [7, 11) is -2.04. The van der Waals surface area contributed by atoms with Crippen molar-refractivity contribution >= 4 is 21.9 Å². The molecule has 1 atom stereocenters. The first-order valence-corrected chi connectivity index (χ1v) is 13.7. The number of nitrogens with two attached hydrogens (primary N) is 1. The van der Waals surface area contributed by atoms with E-state index in [0.717, 1.165) is 41.1 Å². The minimum atomic E-state index is -3.65. The van der Waals surface area contributed by atoms with Gasteiger partial charge in [-0.3, -0.25) is 14.9 Å². The molecular weight excluding hydrogens is 490 g/mol. The average molecular weight is 520 g/mol. The molecule has 9 nitrogen and oxygen atoms in total.